The molecule has 0 bridgehead atoms. The largest absolute Gasteiger partial charge is 0.324 e. The average molecular weight is 295 g/mol. The molecule has 0 aliphatic rings. The Morgan fingerprint density at radius 3 is 2.59 bits per heavy atom. The maximum Gasteiger partial charge on any atom is 0.324 e. The minimum Gasteiger partial charge on any atom is -0.307 e. The predicted octanol–water partition coefficient (Wildman–Crippen LogP) is 3.29. The Balaban J connectivity index is 2.24. The molecule has 1 aromatic heterocycles. The number of hydrogen-bond donors (Lipinski definition) is 2. The highest BCUT2D eigenvalue weighted by Gasteiger charge is 2.19. The normalized spacial score (nSPS) is 10.6. The number of aromatic nitrogens is 2. The van der Waals surface area contributed by atoms with Gasteiger partial charge in [0, 0.05) is 18.1 Å². The lowest BCUT2D eigenvalue weighted by molar-refractivity contribution is 0.262. The molecular weight excluding hydrogens is 278 g/mol. The molecule has 0 radical (unpaired) electrons. The van der Waals surface area contributed by atoms with Gasteiger partial charge in [-0.15, -0.1) is 0 Å². The van der Waals surface area contributed by atoms with Gasteiger partial charge >= 0.3 is 6.03 Å². The van der Waals surface area contributed by atoms with Crippen molar-refractivity contribution < 1.29 is 4.79 Å². The van der Waals surface area contributed by atoms with Crippen LogP contribution in [0.15, 0.2) is 36.8 Å². The third-order valence-electron chi connectivity index (χ3n) is 3.01. The van der Waals surface area contributed by atoms with Crippen LogP contribution < -0.4 is 10.6 Å². The Hall–Kier alpha value is -2.94. The van der Waals surface area contributed by atoms with E-state index in [1.54, 1.807) is 12.1 Å². The fourth-order valence-corrected chi connectivity index (χ4v) is 2.00. The first kappa shape index (κ1) is 15.4. The maximum atomic E-state index is 12.1. The molecule has 2 amide bonds. The van der Waals surface area contributed by atoms with E-state index in [4.69, 9.17) is 5.26 Å². The molecule has 22 heavy (non-hydrogen) atoms. The number of benzene rings is 1. The first-order valence-corrected chi connectivity index (χ1v) is 6.79. The van der Waals surface area contributed by atoms with Gasteiger partial charge in [-0.3, -0.25) is 10.3 Å². The molecular formula is C16H17N5O. The van der Waals surface area contributed by atoms with E-state index >= 15 is 0 Å². The molecule has 0 unspecified atom stereocenters. The molecule has 112 valence electrons. The summed E-state index contributed by atoms with van der Waals surface area (Å²) in [7, 11) is 0. The highest BCUT2D eigenvalue weighted by molar-refractivity contribution is 5.99. The van der Waals surface area contributed by atoms with E-state index in [-0.39, 0.29) is 5.41 Å². The molecule has 0 spiro atoms. The van der Waals surface area contributed by atoms with Gasteiger partial charge in [-0.2, -0.15) is 5.26 Å². The first-order chi connectivity index (χ1) is 10.4. The molecule has 0 saturated carbocycles. The van der Waals surface area contributed by atoms with Crippen molar-refractivity contribution in [2.24, 2.45) is 0 Å². The Labute approximate surface area is 129 Å². The van der Waals surface area contributed by atoms with E-state index in [2.05, 4.69) is 26.7 Å². The summed E-state index contributed by atoms with van der Waals surface area (Å²) in [5.74, 6) is 0.355. The summed E-state index contributed by atoms with van der Waals surface area (Å²) in [5, 5.41) is 14.4. The van der Waals surface area contributed by atoms with E-state index in [9.17, 15) is 4.79 Å². The molecule has 2 aromatic rings. The van der Waals surface area contributed by atoms with Crippen molar-refractivity contribution in [3.8, 4) is 6.07 Å². The molecule has 0 aliphatic heterocycles. The zero-order chi connectivity index (χ0) is 16.2. The number of nitriles is 1. The van der Waals surface area contributed by atoms with Crippen LogP contribution in [-0.4, -0.2) is 16.0 Å². The van der Waals surface area contributed by atoms with Crippen molar-refractivity contribution in [2.75, 3.05) is 10.6 Å². The van der Waals surface area contributed by atoms with Crippen LogP contribution in [0.4, 0.5) is 16.3 Å². The van der Waals surface area contributed by atoms with Gasteiger partial charge in [-0.25, -0.2) is 9.78 Å². The smallest absolute Gasteiger partial charge is 0.307 e. The van der Waals surface area contributed by atoms with Crippen LogP contribution >= 0.6 is 0 Å². The minimum atomic E-state index is -0.430. The Kier molecular flexibility index (Phi) is 4.37. The van der Waals surface area contributed by atoms with Crippen LogP contribution in [0.2, 0.25) is 0 Å². The quantitative estimate of drug-likeness (QED) is 0.889. The van der Waals surface area contributed by atoms with Crippen molar-refractivity contribution in [3.05, 3.63) is 47.9 Å². The number of hydrogen-bond acceptors (Lipinski definition) is 4. The SMILES string of the molecule is CC(C)(C)c1ccc(C#N)cc1NC(=O)Nc1cnccn1. The van der Waals surface area contributed by atoms with Crippen LogP contribution in [0.25, 0.3) is 0 Å². The zero-order valence-corrected chi connectivity index (χ0v) is 12.7. The second-order valence-corrected chi connectivity index (χ2v) is 5.79. The number of nitrogens with one attached hydrogen (secondary N) is 2. The first-order valence-electron chi connectivity index (χ1n) is 6.79. The molecule has 1 aromatic carbocycles. The topological polar surface area (TPSA) is 90.7 Å². The van der Waals surface area contributed by atoms with E-state index in [0.29, 0.717) is 17.1 Å². The summed E-state index contributed by atoms with van der Waals surface area (Å²) in [6, 6.07) is 6.91. The standard InChI is InChI=1S/C16H17N5O/c1-16(2,3)12-5-4-11(9-17)8-13(12)20-15(22)21-14-10-18-6-7-19-14/h4-8,10H,1-3H3,(H2,19,20,21,22). The molecule has 0 fully saturated rings. The van der Waals surface area contributed by atoms with Gasteiger partial charge in [-0.05, 0) is 23.1 Å². The van der Waals surface area contributed by atoms with Crippen LogP contribution in [0.3, 0.4) is 0 Å². The molecule has 0 saturated heterocycles. The number of carbonyl (C=O) groups excluding carboxylic acids is 1. The molecule has 6 nitrogen and oxygen atoms in total. The van der Waals surface area contributed by atoms with Crippen LogP contribution in [-0.2, 0) is 5.41 Å². The lowest BCUT2D eigenvalue weighted by Crippen LogP contribution is -2.23. The number of anilines is 2. The van der Waals surface area contributed by atoms with Gasteiger partial charge in [0.05, 0.1) is 17.8 Å². The molecule has 0 atom stereocenters. The Morgan fingerprint density at radius 2 is 2.00 bits per heavy atom. The molecule has 1 heterocycles. The molecule has 6 heteroatoms. The lowest BCUT2D eigenvalue weighted by Gasteiger charge is -2.23. The number of nitrogens with zero attached hydrogens (tertiary/aromatic N) is 3. The van der Waals surface area contributed by atoms with Gasteiger partial charge in [0.2, 0.25) is 0 Å². The van der Waals surface area contributed by atoms with Gasteiger partial charge in [-0.1, -0.05) is 26.8 Å². The van der Waals surface area contributed by atoms with E-state index < -0.39 is 6.03 Å². The Bertz CT molecular complexity index is 714. The van der Waals surface area contributed by atoms with Crippen molar-refractivity contribution in [2.45, 2.75) is 26.2 Å². The average Bonchev–Trinajstić information content (AvgIpc) is 2.46. The predicted molar refractivity (Wildman–Crippen MR) is 84.5 cm³/mol. The van der Waals surface area contributed by atoms with Crippen molar-refractivity contribution in [1.82, 2.24) is 9.97 Å². The van der Waals surface area contributed by atoms with Crippen molar-refractivity contribution in [1.29, 1.82) is 5.26 Å². The van der Waals surface area contributed by atoms with Crippen LogP contribution in [0.5, 0.6) is 0 Å². The number of rotatable bonds is 2. The third kappa shape index (κ3) is 3.79. The molecule has 2 N–H and O–H groups in total. The summed E-state index contributed by atoms with van der Waals surface area (Å²) in [6.07, 6.45) is 4.47. The van der Waals surface area contributed by atoms with Gasteiger partial charge in [0.25, 0.3) is 0 Å². The second kappa shape index (κ2) is 6.22. The van der Waals surface area contributed by atoms with E-state index in [0.717, 1.165) is 5.56 Å². The summed E-state index contributed by atoms with van der Waals surface area (Å²) in [4.78, 5) is 19.9. The van der Waals surface area contributed by atoms with Gasteiger partial charge in [0.15, 0.2) is 5.82 Å². The zero-order valence-electron chi connectivity index (χ0n) is 12.7. The summed E-state index contributed by atoms with van der Waals surface area (Å²) in [5.41, 5.74) is 1.87. The fraction of sp³-hybridized carbons (Fsp3) is 0.250. The maximum absolute atomic E-state index is 12.1. The summed E-state index contributed by atoms with van der Waals surface area (Å²) >= 11 is 0. The fourth-order valence-electron chi connectivity index (χ4n) is 2.00. The van der Waals surface area contributed by atoms with Crippen molar-refractivity contribution >= 4 is 17.5 Å². The third-order valence-corrected chi connectivity index (χ3v) is 3.01. The highest BCUT2D eigenvalue weighted by atomic mass is 16.2. The van der Waals surface area contributed by atoms with Gasteiger partial charge < -0.3 is 5.32 Å². The monoisotopic (exact) mass is 295 g/mol. The Morgan fingerprint density at radius 1 is 1.23 bits per heavy atom. The van der Waals surface area contributed by atoms with Crippen LogP contribution in [0.1, 0.15) is 31.9 Å². The highest BCUT2D eigenvalue weighted by Crippen LogP contribution is 2.30. The summed E-state index contributed by atoms with van der Waals surface area (Å²) in [6.45, 7) is 6.13. The van der Waals surface area contributed by atoms with Crippen molar-refractivity contribution in [3.63, 3.8) is 0 Å². The lowest BCUT2D eigenvalue weighted by atomic mass is 9.85. The molecule has 2 rings (SSSR count). The number of carbonyl (C=O) groups is 1. The van der Waals surface area contributed by atoms with Gasteiger partial charge in [0.1, 0.15) is 0 Å². The second-order valence-electron chi connectivity index (χ2n) is 5.79. The van der Waals surface area contributed by atoms with E-state index in [1.165, 1.54) is 18.6 Å². The number of urea groups is 1. The summed E-state index contributed by atoms with van der Waals surface area (Å²) < 4.78 is 0. The number of amides is 2. The molecule has 0 aliphatic carbocycles. The minimum absolute atomic E-state index is 0.164. The van der Waals surface area contributed by atoms with E-state index in [1.807, 2.05) is 26.8 Å². The van der Waals surface area contributed by atoms with Crippen LogP contribution in [0, 0.1) is 11.3 Å².